The highest BCUT2D eigenvalue weighted by Crippen LogP contribution is 2.38. The van der Waals surface area contributed by atoms with Gasteiger partial charge in [-0.3, -0.25) is 4.79 Å². The second-order valence-corrected chi connectivity index (χ2v) is 5.47. The molecule has 0 spiro atoms. The van der Waals surface area contributed by atoms with Crippen LogP contribution in [0.2, 0.25) is 0 Å². The number of primary amides is 1. The van der Waals surface area contributed by atoms with Crippen LogP contribution in [0.15, 0.2) is 36.4 Å². The van der Waals surface area contributed by atoms with Crippen molar-refractivity contribution in [3.05, 3.63) is 58.7 Å². The highest BCUT2D eigenvalue weighted by atomic mass is 16.3. The van der Waals surface area contributed by atoms with Gasteiger partial charge >= 0.3 is 0 Å². The summed E-state index contributed by atoms with van der Waals surface area (Å²) in [6.45, 7) is 1.95. The highest BCUT2D eigenvalue weighted by Gasteiger charge is 2.24. The molecule has 1 aliphatic carbocycles. The van der Waals surface area contributed by atoms with E-state index >= 15 is 0 Å². The number of aromatic hydroxyl groups is 1. The molecule has 4 N–H and O–H groups in total. The number of amides is 1. The third-order valence-corrected chi connectivity index (χ3v) is 4.09. The highest BCUT2D eigenvalue weighted by molar-refractivity contribution is 5.93. The third-order valence-electron chi connectivity index (χ3n) is 4.09. The van der Waals surface area contributed by atoms with Gasteiger partial charge in [-0.1, -0.05) is 12.1 Å². The van der Waals surface area contributed by atoms with Crippen LogP contribution in [0.4, 0.5) is 5.69 Å². The van der Waals surface area contributed by atoms with Gasteiger partial charge in [0.2, 0.25) is 5.91 Å². The van der Waals surface area contributed by atoms with Crippen molar-refractivity contribution in [2.24, 2.45) is 5.73 Å². The van der Waals surface area contributed by atoms with Gasteiger partial charge in [-0.2, -0.15) is 0 Å². The van der Waals surface area contributed by atoms with Gasteiger partial charge < -0.3 is 16.2 Å². The zero-order chi connectivity index (χ0) is 15.0. The maximum atomic E-state index is 11.2. The van der Waals surface area contributed by atoms with E-state index in [9.17, 15) is 9.90 Å². The van der Waals surface area contributed by atoms with E-state index in [1.54, 1.807) is 18.2 Å². The van der Waals surface area contributed by atoms with Crippen molar-refractivity contribution in [3.8, 4) is 5.75 Å². The molecule has 0 aliphatic heterocycles. The molecule has 4 heteroatoms. The average molecular weight is 282 g/mol. The van der Waals surface area contributed by atoms with E-state index in [2.05, 4.69) is 5.32 Å². The Bertz CT molecular complexity index is 710. The molecule has 3 rings (SSSR count). The third kappa shape index (κ3) is 2.44. The van der Waals surface area contributed by atoms with Gasteiger partial charge in [0.05, 0.1) is 6.04 Å². The van der Waals surface area contributed by atoms with Crippen LogP contribution in [0.5, 0.6) is 5.75 Å². The minimum Gasteiger partial charge on any atom is -0.508 e. The van der Waals surface area contributed by atoms with E-state index in [0.29, 0.717) is 11.3 Å². The van der Waals surface area contributed by atoms with Gasteiger partial charge in [-0.15, -0.1) is 0 Å². The van der Waals surface area contributed by atoms with E-state index in [4.69, 9.17) is 5.73 Å². The minimum absolute atomic E-state index is 0.185. The first kappa shape index (κ1) is 13.5. The zero-order valence-corrected chi connectivity index (χ0v) is 11.9. The predicted octanol–water partition coefficient (Wildman–Crippen LogP) is 2.90. The van der Waals surface area contributed by atoms with Crippen LogP contribution in [0.25, 0.3) is 0 Å². The van der Waals surface area contributed by atoms with Crippen molar-refractivity contribution >= 4 is 11.6 Å². The van der Waals surface area contributed by atoms with Gasteiger partial charge in [0.1, 0.15) is 5.75 Å². The Hall–Kier alpha value is -2.49. The van der Waals surface area contributed by atoms with Crippen LogP contribution in [0, 0.1) is 6.92 Å². The molecule has 2 aromatic rings. The van der Waals surface area contributed by atoms with Crippen LogP contribution in [-0.4, -0.2) is 11.0 Å². The lowest BCUT2D eigenvalue weighted by Crippen LogP contribution is -2.12. The second-order valence-electron chi connectivity index (χ2n) is 5.47. The maximum absolute atomic E-state index is 11.2. The number of nitrogens with two attached hydrogens (primary N) is 1. The molecule has 0 saturated heterocycles. The number of phenols is 1. The first-order valence-corrected chi connectivity index (χ1v) is 7.04. The van der Waals surface area contributed by atoms with Crippen molar-refractivity contribution < 1.29 is 9.90 Å². The van der Waals surface area contributed by atoms with Gasteiger partial charge in [0.15, 0.2) is 0 Å². The van der Waals surface area contributed by atoms with Crippen molar-refractivity contribution in [3.63, 3.8) is 0 Å². The first-order chi connectivity index (χ1) is 10.1. The summed E-state index contributed by atoms with van der Waals surface area (Å²) in [5.41, 5.74) is 9.95. The summed E-state index contributed by atoms with van der Waals surface area (Å²) in [5, 5.41) is 13.4. The van der Waals surface area contributed by atoms with E-state index in [1.807, 2.05) is 25.1 Å². The minimum atomic E-state index is -0.416. The van der Waals surface area contributed by atoms with Crippen LogP contribution in [0.1, 0.15) is 39.5 Å². The molecule has 2 aromatic carbocycles. The summed E-state index contributed by atoms with van der Waals surface area (Å²) in [5.74, 6) is -0.0432. The van der Waals surface area contributed by atoms with Crippen molar-refractivity contribution in [2.75, 3.05) is 5.32 Å². The summed E-state index contributed by atoms with van der Waals surface area (Å²) in [4.78, 5) is 11.2. The number of rotatable bonds is 3. The van der Waals surface area contributed by atoms with Gasteiger partial charge in [-0.05, 0) is 60.7 Å². The molecule has 1 unspecified atom stereocenters. The Morgan fingerprint density at radius 3 is 2.86 bits per heavy atom. The second kappa shape index (κ2) is 5.13. The number of hydrogen-bond acceptors (Lipinski definition) is 3. The summed E-state index contributed by atoms with van der Waals surface area (Å²) in [6, 6.07) is 11.2. The molecule has 1 atom stereocenters. The maximum Gasteiger partial charge on any atom is 0.248 e. The number of aryl methyl sites for hydroxylation is 1. The summed E-state index contributed by atoms with van der Waals surface area (Å²) >= 11 is 0. The number of fused-ring (bicyclic) bond motifs is 1. The lowest BCUT2D eigenvalue weighted by Gasteiger charge is -2.18. The Balaban J connectivity index is 1.86. The smallest absolute Gasteiger partial charge is 0.248 e. The number of benzene rings is 2. The Morgan fingerprint density at radius 1 is 1.33 bits per heavy atom. The Labute approximate surface area is 123 Å². The molecule has 0 fully saturated rings. The monoisotopic (exact) mass is 282 g/mol. The van der Waals surface area contributed by atoms with Crippen LogP contribution >= 0.6 is 0 Å². The normalized spacial score (nSPS) is 16.5. The number of anilines is 1. The van der Waals surface area contributed by atoms with Gasteiger partial charge in [0.25, 0.3) is 0 Å². The molecule has 0 aromatic heterocycles. The summed E-state index contributed by atoms with van der Waals surface area (Å²) < 4.78 is 0. The average Bonchev–Trinajstić information content (AvgIpc) is 2.85. The summed E-state index contributed by atoms with van der Waals surface area (Å²) in [7, 11) is 0. The topological polar surface area (TPSA) is 75.4 Å². The number of carbonyl (C=O) groups excluding carboxylic acids is 1. The SMILES string of the molecule is Cc1cc(C(N)=O)ccc1NC1CCc2c(O)cccc21. The molecule has 0 radical (unpaired) electrons. The number of carbonyl (C=O) groups is 1. The largest absolute Gasteiger partial charge is 0.508 e. The van der Waals surface area contributed by atoms with Crippen molar-refractivity contribution in [1.82, 2.24) is 0 Å². The fourth-order valence-corrected chi connectivity index (χ4v) is 2.95. The Morgan fingerprint density at radius 2 is 2.14 bits per heavy atom. The molecule has 0 bridgehead atoms. The lowest BCUT2D eigenvalue weighted by molar-refractivity contribution is 0.1000. The molecular weight excluding hydrogens is 264 g/mol. The van der Waals surface area contributed by atoms with Crippen LogP contribution < -0.4 is 11.1 Å². The zero-order valence-electron chi connectivity index (χ0n) is 11.9. The van der Waals surface area contributed by atoms with E-state index in [0.717, 1.165) is 35.2 Å². The Kier molecular flexibility index (Phi) is 3.29. The van der Waals surface area contributed by atoms with Crippen LogP contribution in [0.3, 0.4) is 0 Å². The molecule has 1 amide bonds. The standard InChI is InChI=1S/C17H18N2O2/c1-10-9-11(17(18)21)5-7-14(10)19-15-8-6-13-12(15)3-2-4-16(13)20/h2-5,7,9,15,19-20H,6,8H2,1H3,(H2,18,21). The number of hydrogen-bond donors (Lipinski definition) is 3. The first-order valence-electron chi connectivity index (χ1n) is 7.04. The lowest BCUT2D eigenvalue weighted by atomic mass is 10.1. The number of nitrogens with one attached hydrogen (secondary N) is 1. The van der Waals surface area contributed by atoms with Crippen molar-refractivity contribution in [1.29, 1.82) is 0 Å². The molecule has 21 heavy (non-hydrogen) atoms. The van der Waals surface area contributed by atoms with E-state index in [-0.39, 0.29) is 6.04 Å². The quantitative estimate of drug-likeness (QED) is 0.810. The molecule has 0 heterocycles. The molecule has 108 valence electrons. The number of phenolic OH excluding ortho intramolecular Hbond substituents is 1. The fourth-order valence-electron chi connectivity index (χ4n) is 2.95. The van der Waals surface area contributed by atoms with Gasteiger partial charge in [-0.25, -0.2) is 0 Å². The van der Waals surface area contributed by atoms with Crippen molar-refractivity contribution in [2.45, 2.75) is 25.8 Å². The predicted molar refractivity (Wildman–Crippen MR) is 82.5 cm³/mol. The molecule has 0 saturated carbocycles. The molecular formula is C17H18N2O2. The van der Waals surface area contributed by atoms with E-state index in [1.165, 1.54) is 0 Å². The van der Waals surface area contributed by atoms with Crippen LogP contribution in [-0.2, 0) is 6.42 Å². The van der Waals surface area contributed by atoms with Gasteiger partial charge in [0, 0.05) is 11.3 Å². The molecule has 4 nitrogen and oxygen atoms in total. The van der Waals surface area contributed by atoms with E-state index < -0.39 is 5.91 Å². The summed E-state index contributed by atoms with van der Waals surface area (Å²) in [6.07, 6.45) is 1.82. The fraction of sp³-hybridized carbons (Fsp3) is 0.235. The molecule has 1 aliphatic rings.